The molecule has 1 aromatic rings. The lowest BCUT2D eigenvalue weighted by Gasteiger charge is -2.30. The molecule has 0 spiro atoms. The lowest BCUT2D eigenvalue weighted by molar-refractivity contribution is 0.116. The first-order chi connectivity index (χ1) is 9.83. The Balaban J connectivity index is 1.67. The molecule has 1 aliphatic carbocycles. The first kappa shape index (κ1) is 13.9. The Kier molecular flexibility index (Phi) is 4.62. The molecule has 2 fully saturated rings. The van der Waals surface area contributed by atoms with Gasteiger partial charge in [-0.3, -0.25) is 0 Å². The van der Waals surface area contributed by atoms with Crippen molar-refractivity contribution in [3.8, 4) is 0 Å². The molecule has 1 aliphatic heterocycles. The fourth-order valence-corrected chi connectivity index (χ4v) is 3.76. The molecule has 0 amide bonds. The van der Waals surface area contributed by atoms with E-state index in [0.29, 0.717) is 0 Å². The number of thioether (sulfide) groups is 1. The monoisotopic (exact) mass is 294 g/mol. The molecule has 20 heavy (non-hydrogen) atoms. The van der Waals surface area contributed by atoms with Crippen molar-refractivity contribution in [1.82, 2.24) is 9.97 Å². The molecule has 0 radical (unpaired) electrons. The normalized spacial score (nSPS) is 27.4. The van der Waals surface area contributed by atoms with Crippen molar-refractivity contribution in [1.29, 1.82) is 0 Å². The van der Waals surface area contributed by atoms with Crippen LogP contribution in [0.1, 0.15) is 25.7 Å². The molecule has 6 heteroatoms. The van der Waals surface area contributed by atoms with Gasteiger partial charge in [-0.2, -0.15) is 11.8 Å². The standard InChI is InChI=1S/C14H22N4OS/c19-12-4-2-1-3-11(12)17-13-9-14(16-10-15-13)18-5-7-20-8-6-18/h9-12,19H,1-8H2,(H,15,16,17). The molecule has 1 saturated carbocycles. The zero-order chi connectivity index (χ0) is 13.8. The summed E-state index contributed by atoms with van der Waals surface area (Å²) in [6.07, 6.45) is 5.57. The predicted octanol–water partition coefficient (Wildman–Crippen LogP) is 1.75. The average Bonchev–Trinajstić information content (AvgIpc) is 2.51. The van der Waals surface area contributed by atoms with Crippen LogP contribution >= 0.6 is 11.8 Å². The first-order valence-corrected chi connectivity index (χ1v) is 8.58. The molecule has 5 nitrogen and oxygen atoms in total. The molecule has 2 unspecified atom stereocenters. The van der Waals surface area contributed by atoms with E-state index in [1.54, 1.807) is 6.33 Å². The highest BCUT2D eigenvalue weighted by Gasteiger charge is 2.23. The number of nitrogens with one attached hydrogen (secondary N) is 1. The second-order valence-electron chi connectivity index (χ2n) is 5.46. The highest BCUT2D eigenvalue weighted by atomic mass is 32.2. The van der Waals surface area contributed by atoms with Gasteiger partial charge in [-0.25, -0.2) is 9.97 Å². The number of aliphatic hydroxyl groups excluding tert-OH is 1. The third-order valence-corrected chi connectivity index (χ3v) is 4.99. The second-order valence-corrected chi connectivity index (χ2v) is 6.69. The smallest absolute Gasteiger partial charge is 0.134 e. The van der Waals surface area contributed by atoms with Crippen LogP contribution in [0.25, 0.3) is 0 Å². The van der Waals surface area contributed by atoms with Gasteiger partial charge in [0.2, 0.25) is 0 Å². The minimum atomic E-state index is -0.256. The Hall–Kier alpha value is -1.01. The summed E-state index contributed by atoms with van der Waals surface area (Å²) in [5, 5.41) is 13.4. The van der Waals surface area contributed by atoms with Crippen LogP contribution < -0.4 is 10.2 Å². The molecule has 2 N–H and O–H groups in total. The number of aliphatic hydroxyl groups is 1. The number of hydrogen-bond donors (Lipinski definition) is 2. The Morgan fingerprint density at radius 1 is 1.20 bits per heavy atom. The number of nitrogens with zero attached hydrogens (tertiary/aromatic N) is 3. The van der Waals surface area contributed by atoms with E-state index in [0.717, 1.165) is 55.5 Å². The Bertz CT molecular complexity index is 439. The molecule has 2 heterocycles. The third kappa shape index (κ3) is 3.35. The maximum absolute atomic E-state index is 10.0. The van der Waals surface area contributed by atoms with Crippen molar-refractivity contribution in [3.63, 3.8) is 0 Å². The molecular weight excluding hydrogens is 272 g/mol. The van der Waals surface area contributed by atoms with E-state index in [4.69, 9.17) is 0 Å². The van der Waals surface area contributed by atoms with Crippen molar-refractivity contribution in [3.05, 3.63) is 12.4 Å². The summed E-state index contributed by atoms with van der Waals surface area (Å²) >= 11 is 1.99. The van der Waals surface area contributed by atoms with Gasteiger partial charge in [-0.05, 0) is 12.8 Å². The number of aromatic nitrogens is 2. The molecule has 2 aliphatic rings. The van der Waals surface area contributed by atoms with Crippen LogP contribution in [0.3, 0.4) is 0 Å². The zero-order valence-corrected chi connectivity index (χ0v) is 12.5. The van der Waals surface area contributed by atoms with E-state index in [-0.39, 0.29) is 12.1 Å². The lowest BCUT2D eigenvalue weighted by Crippen LogP contribution is -2.37. The highest BCUT2D eigenvalue weighted by molar-refractivity contribution is 7.99. The molecule has 3 rings (SSSR count). The summed E-state index contributed by atoms with van der Waals surface area (Å²) in [7, 11) is 0. The van der Waals surface area contributed by atoms with Crippen molar-refractivity contribution in [2.24, 2.45) is 0 Å². The topological polar surface area (TPSA) is 61.3 Å². The van der Waals surface area contributed by atoms with Crippen LogP contribution in [0, 0.1) is 0 Å². The molecule has 0 bridgehead atoms. The summed E-state index contributed by atoms with van der Waals surface area (Å²) in [5.41, 5.74) is 0. The largest absolute Gasteiger partial charge is 0.391 e. The summed E-state index contributed by atoms with van der Waals surface area (Å²) in [6.45, 7) is 2.10. The molecule has 1 saturated heterocycles. The van der Waals surface area contributed by atoms with E-state index < -0.39 is 0 Å². The van der Waals surface area contributed by atoms with E-state index >= 15 is 0 Å². The number of rotatable bonds is 3. The summed E-state index contributed by atoms with van der Waals surface area (Å²) in [4.78, 5) is 11.0. The lowest BCUT2D eigenvalue weighted by atomic mass is 9.93. The van der Waals surface area contributed by atoms with E-state index in [9.17, 15) is 5.11 Å². The summed E-state index contributed by atoms with van der Waals surface area (Å²) < 4.78 is 0. The van der Waals surface area contributed by atoms with Crippen molar-refractivity contribution in [2.45, 2.75) is 37.8 Å². The van der Waals surface area contributed by atoms with Crippen LogP contribution in [0.4, 0.5) is 11.6 Å². The summed E-state index contributed by atoms with van der Waals surface area (Å²) in [6, 6.07) is 2.14. The van der Waals surface area contributed by atoms with Gasteiger partial charge in [0, 0.05) is 30.7 Å². The van der Waals surface area contributed by atoms with Crippen LogP contribution in [0.5, 0.6) is 0 Å². The molecule has 1 aromatic heterocycles. The van der Waals surface area contributed by atoms with E-state index in [1.807, 2.05) is 17.8 Å². The minimum absolute atomic E-state index is 0.128. The average molecular weight is 294 g/mol. The van der Waals surface area contributed by atoms with Crippen molar-refractivity contribution >= 4 is 23.4 Å². The Morgan fingerprint density at radius 3 is 2.80 bits per heavy atom. The van der Waals surface area contributed by atoms with Gasteiger partial charge < -0.3 is 15.3 Å². The fraction of sp³-hybridized carbons (Fsp3) is 0.714. The highest BCUT2D eigenvalue weighted by Crippen LogP contribution is 2.23. The maximum Gasteiger partial charge on any atom is 0.134 e. The van der Waals surface area contributed by atoms with Gasteiger partial charge in [0.15, 0.2) is 0 Å². The van der Waals surface area contributed by atoms with Crippen molar-refractivity contribution in [2.75, 3.05) is 34.8 Å². The quantitative estimate of drug-likeness (QED) is 0.885. The van der Waals surface area contributed by atoms with Crippen LogP contribution in [-0.4, -0.2) is 51.8 Å². The summed E-state index contributed by atoms with van der Waals surface area (Å²) in [5.74, 6) is 4.15. The van der Waals surface area contributed by atoms with Gasteiger partial charge >= 0.3 is 0 Å². The Morgan fingerprint density at radius 2 is 2.00 bits per heavy atom. The second kappa shape index (κ2) is 6.63. The van der Waals surface area contributed by atoms with E-state index in [2.05, 4.69) is 20.2 Å². The third-order valence-electron chi connectivity index (χ3n) is 4.05. The zero-order valence-electron chi connectivity index (χ0n) is 11.7. The van der Waals surface area contributed by atoms with Crippen molar-refractivity contribution < 1.29 is 5.11 Å². The number of hydrogen-bond acceptors (Lipinski definition) is 6. The van der Waals surface area contributed by atoms with Crippen LogP contribution in [0.15, 0.2) is 12.4 Å². The fourth-order valence-electron chi connectivity index (χ4n) is 2.86. The molecule has 110 valence electrons. The molecular formula is C14H22N4OS. The SMILES string of the molecule is OC1CCCCC1Nc1cc(N2CCSCC2)ncn1. The minimum Gasteiger partial charge on any atom is -0.391 e. The predicted molar refractivity (Wildman–Crippen MR) is 83.5 cm³/mol. The van der Waals surface area contributed by atoms with E-state index in [1.165, 1.54) is 6.42 Å². The maximum atomic E-state index is 10.0. The first-order valence-electron chi connectivity index (χ1n) is 7.42. The van der Waals surface area contributed by atoms with Crippen LogP contribution in [-0.2, 0) is 0 Å². The van der Waals surface area contributed by atoms with Gasteiger partial charge in [0.1, 0.15) is 18.0 Å². The molecule has 0 aromatic carbocycles. The van der Waals surface area contributed by atoms with Gasteiger partial charge in [0.05, 0.1) is 12.1 Å². The Labute approximate surface area is 124 Å². The van der Waals surface area contributed by atoms with Crippen LogP contribution in [0.2, 0.25) is 0 Å². The molecule has 2 atom stereocenters. The van der Waals surface area contributed by atoms with Gasteiger partial charge in [-0.1, -0.05) is 12.8 Å². The number of anilines is 2. The van der Waals surface area contributed by atoms with Gasteiger partial charge in [-0.15, -0.1) is 0 Å². The van der Waals surface area contributed by atoms with Gasteiger partial charge in [0.25, 0.3) is 0 Å².